The molecule has 3 atom stereocenters. The normalized spacial score (nSPS) is 35.8. The van der Waals surface area contributed by atoms with Crippen molar-refractivity contribution >= 4 is 5.91 Å². The Balaban J connectivity index is 1.62. The van der Waals surface area contributed by atoms with Crippen LogP contribution in [0.1, 0.15) is 45.4 Å². The molecule has 3 saturated heterocycles. The van der Waals surface area contributed by atoms with Crippen molar-refractivity contribution in [3.63, 3.8) is 0 Å². The number of hydrogen-bond donors (Lipinski definition) is 0. The molecule has 3 rings (SSSR count). The van der Waals surface area contributed by atoms with Crippen molar-refractivity contribution in [2.24, 2.45) is 5.92 Å². The fourth-order valence-corrected chi connectivity index (χ4v) is 3.80. The third-order valence-corrected chi connectivity index (χ3v) is 4.66. The van der Waals surface area contributed by atoms with E-state index < -0.39 is 0 Å². The Bertz CT molecular complexity index is 376. The predicted octanol–water partition coefficient (Wildman–Crippen LogP) is 2.49. The van der Waals surface area contributed by atoms with Crippen molar-refractivity contribution < 1.29 is 14.3 Å². The second-order valence-electron chi connectivity index (χ2n) is 6.33. The van der Waals surface area contributed by atoms with Gasteiger partial charge in [-0.05, 0) is 31.6 Å². The number of carbonyl (C=O) groups excluding carboxylic acids is 1. The molecule has 0 aromatic heterocycles. The van der Waals surface area contributed by atoms with Crippen LogP contribution in [0.2, 0.25) is 0 Å². The average molecular weight is 279 g/mol. The van der Waals surface area contributed by atoms with Crippen LogP contribution in [0, 0.1) is 5.92 Å². The third kappa shape index (κ3) is 3.07. The molecule has 3 heterocycles. The fourth-order valence-electron chi connectivity index (χ4n) is 3.80. The molecule has 3 fully saturated rings. The van der Waals surface area contributed by atoms with Crippen LogP contribution in [0.15, 0.2) is 12.2 Å². The van der Waals surface area contributed by atoms with E-state index in [2.05, 4.69) is 24.0 Å². The monoisotopic (exact) mass is 279 g/mol. The highest BCUT2D eigenvalue weighted by Gasteiger charge is 2.37. The highest BCUT2D eigenvalue weighted by molar-refractivity contribution is 5.78. The Labute approximate surface area is 121 Å². The van der Waals surface area contributed by atoms with Gasteiger partial charge >= 0.3 is 0 Å². The summed E-state index contributed by atoms with van der Waals surface area (Å²) in [4.78, 5) is 14.4. The maximum Gasteiger partial charge on any atom is 0.223 e. The van der Waals surface area contributed by atoms with Crippen molar-refractivity contribution in [3.8, 4) is 0 Å². The standard InChI is InChI=1S/C16H25NO3/c1-12-10-13-4-2-6-15(18)17(13)14(11-12)5-3-7-16-19-8-9-20-16/h3,5,12-14,16H,2,4,6-11H2,1H3/b5-3+/t12-,13?,14+/m0/s1. The minimum atomic E-state index is -0.0832. The molecule has 0 radical (unpaired) electrons. The van der Waals surface area contributed by atoms with Gasteiger partial charge < -0.3 is 14.4 Å². The zero-order chi connectivity index (χ0) is 13.9. The summed E-state index contributed by atoms with van der Waals surface area (Å²) in [5.41, 5.74) is 0. The van der Waals surface area contributed by atoms with E-state index >= 15 is 0 Å². The molecule has 1 amide bonds. The smallest absolute Gasteiger partial charge is 0.223 e. The van der Waals surface area contributed by atoms with Gasteiger partial charge in [-0.15, -0.1) is 0 Å². The zero-order valence-electron chi connectivity index (χ0n) is 12.3. The van der Waals surface area contributed by atoms with Crippen molar-refractivity contribution in [3.05, 3.63) is 12.2 Å². The molecule has 4 nitrogen and oxygen atoms in total. The average Bonchev–Trinajstić information content (AvgIpc) is 2.91. The number of rotatable bonds is 3. The van der Waals surface area contributed by atoms with Gasteiger partial charge in [0, 0.05) is 18.9 Å². The molecule has 20 heavy (non-hydrogen) atoms. The van der Waals surface area contributed by atoms with E-state index in [0.717, 1.165) is 25.7 Å². The molecule has 3 aliphatic rings. The molecular formula is C16H25NO3. The van der Waals surface area contributed by atoms with E-state index in [4.69, 9.17) is 9.47 Å². The highest BCUT2D eigenvalue weighted by atomic mass is 16.7. The van der Waals surface area contributed by atoms with Crippen LogP contribution in [0.5, 0.6) is 0 Å². The van der Waals surface area contributed by atoms with Gasteiger partial charge in [-0.2, -0.15) is 0 Å². The van der Waals surface area contributed by atoms with Crippen LogP contribution in [-0.2, 0) is 14.3 Å². The Morgan fingerprint density at radius 3 is 2.90 bits per heavy atom. The largest absolute Gasteiger partial charge is 0.350 e. The molecule has 112 valence electrons. The van der Waals surface area contributed by atoms with E-state index in [1.165, 1.54) is 12.8 Å². The molecule has 3 aliphatic heterocycles. The van der Waals surface area contributed by atoms with Crippen molar-refractivity contribution in [1.82, 2.24) is 4.90 Å². The van der Waals surface area contributed by atoms with Gasteiger partial charge in [-0.3, -0.25) is 4.79 Å². The molecule has 0 aromatic carbocycles. The lowest BCUT2D eigenvalue weighted by Gasteiger charge is -2.46. The fraction of sp³-hybridized carbons (Fsp3) is 0.812. The first-order chi connectivity index (χ1) is 9.74. The topological polar surface area (TPSA) is 38.8 Å². The van der Waals surface area contributed by atoms with E-state index in [-0.39, 0.29) is 12.3 Å². The molecular weight excluding hydrogens is 254 g/mol. The quantitative estimate of drug-likeness (QED) is 0.745. The first-order valence-electron chi connectivity index (χ1n) is 7.95. The SMILES string of the molecule is C[C@H]1CC2CCCC(=O)N2[C@H](/C=C/CC2OCCO2)C1. The maximum absolute atomic E-state index is 12.2. The van der Waals surface area contributed by atoms with Crippen molar-refractivity contribution in [2.45, 2.75) is 63.8 Å². The number of piperidine rings is 2. The number of hydrogen-bond acceptors (Lipinski definition) is 3. The Morgan fingerprint density at radius 2 is 2.10 bits per heavy atom. The summed E-state index contributed by atoms with van der Waals surface area (Å²) in [5, 5.41) is 0. The van der Waals surface area contributed by atoms with E-state index in [0.29, 0.717) is 31.1 Å². The van der Waals surface area contributed by atoms with Gasteiger partial charge in [0.2, 0.25) is 5.91 Å². The molecule has 0 aliphatic carbocycles. The summed E-state index contributed by atoms with van der Waals surface area (Å²) >= 11 is 0. The van der Waals surface area contributed by atoms with Crippen LogP contribution in [0.25, 0.3) is 0 Å². The Kier molecular flexibility index (Phi) is 4.41. The molecule has 0 N–H and O–H groups in total. The first-order valence-corrected chi connectivity index (χ1v) is 7.95. The second kappa shape index (κ2) is 6.27. The van der Waals surface area contributed by atoms with E-state index in [1.54, 1.807) is 0 Å². The van der Waals surface area contributed by atoms with Crippen LogP contribution in [0.4, 0.5) is 0 Å². The number of nitrogens with zero attached hydrogens (tertiary/aromatic N) is 1. The van der Waals surface area contributed by atoms with Gasteiger partial charge in [-0.25, -0.2) is 0 Å². The Morgan fingerprint density at radius 1 is 1.30 bits per heavy atom. The first kappa shape index (κ1) is 14.1. The maximum atomic E-state index is 12.2. The zero-order valence-corrected chi connectivity index (χ0v) is 12.3. The van der Waals surface area contributed by atoms with Crippen LogP contribution >= 0.6 is 0 Å². The van der Waals surface area contributed by atoms with Gasteiger partial charge in [0.05, 0.1) is 19.3 Å². The molecule has 0 aromatic rings. The molecule has 0 bridgehead atoms. The lowest BCUT2D eigenvalue weighted by Crippen LogP contribution is -2.53. The summed E-state index contributed by atoms with van der Waals surface area (Å²) in [7, 11) is 0. The summed E-state index contributed by atoms with van der Waals surface area (Å²) in [6.45, 7) is 3.71. The predicted molar refractivity (Wildman–Crippen MR) is 76.1 cm³/mol. The highest BCUT2D eigenvalue weighted by Crippen LogP contribution is 2.34. The van der Waals surface area contributed by atoms with Gasteiger partial charge in [0.15, 0.2) is 6.29 Å². The lowest BCUT2D eigenvalue weighted by atomic mass is 9.82. The van der Waals surface area contributed by atoms with Gasteiger partial charge in [0.25, 0.3) is 0 Å². The minimum Gasteiger partial charge on any atom is -0.350 e. The summed E-state index contributed by atoms with van der Waals surface area (Å²) in [6, 6.07) is 0.742. The summed E-state index contributed by atoms with van der Waals surface area (Å²) in [6.07, 6.45) is 10.3. The van der Waals surface area contributed by atoms with Crippen molar-refractivity contribution in [2.75, 3.05) is 13.2 Å². The number of fused-ring (bicyclic) bond motifs is 1. The van der Waals surface area contributed by atoms with Gasteiger partial charge in [0.1, 0.15) is 0 Å². The van der Waals surface area contributed by atoms with Gasteiger partial charge in [-0.1, -0.05) is 19.1 Å². The van der Waals surface area contributed by atoms with E-state index in [1.807, 2.05) is 0 Å². The van der Waals surface area contributed by atoms with Crippen LogP contribution in [0.3, 0.4) is 0 Å². The Hall–Kier alpha value is -0.870. The van der Waals surface area contributed by atoms with E-state index in [9.17, 15) is 4.79 Å². The van der Waals surface area contributed by atoms with Crippen molar-refractivity contribution in [1.29, 1.82) is 0 Å². The minimum absolute atomic E-state index is 0.0832. The summed E-state index contributed by atoms with van der Waals surface area (Å²) < 4.78 is 10.9. The third-order valence-electron chi connectivity index (χ3n) is 4.66. The molecule has 0 saturated carbocycles. The molecule has 1 unspecified atom stereocenters. The number of amides is 1. The number of carbonyl (C=O) groups is 1. The lowest BCUT2D eigenvalue weighted by molar-refractivity contribution is -0.141. The summed E-state index contributed by atoms with van der Waals surface area (Å²) in [5.74, 6) is 1.05. The number of ether oxygens (including phenoxy) is 2. The second-order valence-corrected chi connectivity index (χ2v) is 6.33. The van der Waals surface area contributed by atoms with Crippen LogP contribution < -0.4 is 0 Å². The van der Waals surface area contributed by atoms with Crippen LogP contribution in [-0.4, -0.2) is 42.4 Å². The molecule has 4 heteroatoms. The molecule has 0 spiro atoms.